The molecule has 13 heavy (non-hydrogen) atoms. The zero-order valence-corrected chi connectivity index (χ0v) is 7.89. The van der Waals surface area contributed by atoms with Crippen molar-refractivity contribution in [3.8, 4) is 0 Å². The molecule has 0 bridgehead atoms. The maximum atomic E-state index is 12.5. The van der Waals surface area contributed by atoms with Crippen LogP contribution in [-0.2, 0) is 10.8 Å². The maximum absolute atomic E-state index is 12.5. The van der Waals surface area contributed by atoms with Gasteiger partial charge in [0.15, 0.2) is 0 Å². The van der Waals surface area contributed by atoms with Crippen LogP contribution in [0.3, 0.4) is 0 Å². The molecule has 1 N–H and O–H groups in total. The van der Waals surface area contributed by atoms with E-state index >= 15 is 0 Å². The summed E-state index contributed by atoms with van der Waals surface area (Å²) < 4.78 is 23.9. The fraction of sp³-hybridized carbons (Fsp3) is 0.333. The standard InChI is InChI=1S/C9H11FO2S/c10-8-2-4-9(5-3-8)13(12)7-1-6-11/h2-5,11H,1,6-7H2. The fourth-order valence-corrected chi connectivity index (χ4v) is 1.97. The molecular weight excluding hydrogens is 191 g/mol. The molecule has 0 spiro atoms. The Balaban J connectivity index is 2.61. The average molecular weight is 202 g/mol. The molecule has 0 amide bonds. The zero-order valence-electron chi connectivity index (χ0n) is 7.07. The van der Waals surface area contributed by atoms with Gasteiger partial charge < -0.3 is 5.11 Å². The summed E-state index contributed by atoms with van der Waals surface area (Å²) in [5.74, 6) is 0.0881. The predicted molar refractivity (Wildman–Crippen MR) is 49.4 cm³/mol. The Morgan fingerprint density at radius 3 is 2.46 bits per heavy atom. The van der Waals surface area contributed by atoms with Crippen molar-refractivity contribution in [1.82, 2.24) is 0 Å². The Morgan fingerprint density at radius 1 is 1.31 bits per heavy atom. The topological polar surface area (TPSA) is 37.3 Å². The number of aliphatic hydroxyl groups excluding tert-OH is 1. The summed E-state index contributed by atoms with van der Waals surface area (Å²) in [6.45, 7) is 0.0347. The van der Waals surface area contributed by atoms with E-state index in [4.69, 9.17) is 5.11 Å². The molecule has 0 heterocycles. The van der Waals surface area contributed by atoms with E-state index in [1.807, 2.05) is 0 Å². The molecule has 1 atom stereocenters. The first-order valence-corrected chi connectivity index (χ1v) is 5.30. The van der Waals surface area contributed by atoms with E-state index in [-0.39, 0.29) is 12.4 Å². The van der Waals surface area contributed by atoms with E-state index in [1.54, 1.807) is 0 Å². The molecule has 0 aliphatic heterocycles. The molecule has 0 saturated carbocycles. The Morgan fingerprint density at radius 2 is 1.92 bits per heavy atom. The van der Waals surface area contributed by atoms with Gasteiger partial charge in [-0.15, -0.1) is 0 Å². The van der Waals surface area contributed by atoms with Crippen LogP contribution in [0.15, 0.2) is 29.2 Å². The minimum atomic E-state index is -1.12. The lowest BCUT2D eigenvalue weighted by molar-refractivity contribution is 0.296. The Hall–Kier alpha value is -0.740. The van der Waals surface area contributed by atoms with E-state index in [2.05, 4.69) is 0 Å². The lowest BCUT2D eigenvalue weighted by Crippen LogP contribution is -2.00. The monoisotopic (exact) mass is 202 g/mol. The maximum Gasteiger partial charge on any atom is 0.123 e. The van der Waals surface area contributed by atoms with E-state index < -0.39 is 10.8 Å². The van der Waals surface area contributed by atoms with Gasteiger partial charge in [0.2, 0.25) is 0 Å². The van der Waals surface area contributed by atoms with E-state index in [0.717, 1.165) is 0 Å². The third kappa shape index (κ3) is 3.24. The third-order valence-corrected chi connectivity index (χ3v) is 3.02. The van der Waals surface area contributed by atoms with Crippen molar-refractivity contribution in [1.29, 1.82) is 0 Å². The fourth-order valence-electron chi connectivity index (χ4n) is 0.900. The number of benzene rings is 1. The van der Waals surface area contributed by atoms with Gasteiger partial charge in [-0.2, -0.15) is 0 Å². The summed E-state index contributed by atoms with van der Waals surface area (Å²) in [4.78, 5) is 0.606. The van der Waals surface area contributed by atoms with Crippen LogP contribution in [0, 0.1) is 5.82 Å². The van der Waals surface area contributed by atoms with Crippen LogP contribution in [-0.4, -0.2) is 21.7 Å². The van der Waals surface area contributed by atoms with Gasteiger partial charge in [0.05, 0.1) is 10.8 Å². The van der Waals surface area contributed by atoms with E-state index in [1.165, 1.54) is 24.3 Å². The molecule has 1 unspecified atom stereocenters. The van der Waals surface area contributed by atoms with Crippen LogP contribution in [0.4, 0.5) is 4.39 Å². The summed E-state index contributed by atoms with van der Waals surface area (Å²) in [6.07, 6.45) is 0.504. The van der Waals surface area contributed by atoms with Gasteiger partial charge in [0, 0.05) is 17.3 Å². The SMILES string of the molecule is O=S(CCCO)c1ccc(F)cc1. The molecule has 4 heteroatoms. The van der Waals surface area contributed by atoms with Crippen LogP contribution >= 0.6 is 0 Å². The minimum absolute atomic E-state index is 0.0347. The molecule has 1 aromatic rings. The number of aliphatic hydroxyl groups is 1. The molecule has 0 aliphatic carbocycles. The van der Waals surface area contributed by atoms with Crippen LogP contribution in [0.25, 0.3) is 0 Å². The highest BCUT2D eigenvalue weighted by Crippen LogP contribution is 2.08. The number of hydrogen-bond donors (Lipinski definition) is 1. The molecule has 0 fully saturated rings. The number of halogens is 1. The molecular formula is C9H11FO2S. The van der Waals surface area contributed by atoms with Gasteiger partial charge in [-0.1, -0.05) is 0 Å². The van der Waals surface area contributed by atoms with Crippen LogP contribution in [0.5, 0.6) is 0 Å². The van der Waals surface area contributed by atoms with Gasteiger partial charge in [-0.25, -0.2) is 4.39 Å². The quantitative estimate of drug-likeness (QED) is 0.799. The summed E-state index contributed by atoms with van der Waals surface area (Å²) in [5.41, 5.74) is 0. The zero-order chi connectivity index (χ0) is 9.68. The first-order chi connectivity index (χ1) is 6.24. The van der Waals surface area contributed by atoms with Gasteiger partial charge in [-0.05, 0) is 30.7 Å². The third-order valence-electron chi connectivity index (χ3n) is 1.56. The molecule has 0 saturated heterocycles. The first kappa shape index (κ1) is 10.3. The highest BCUT2D eigenvalue weighted by molar-refractivity contribution is 7.85. The first-order valence-electron chi connectivity index (χ1n) is 3.99. The Labute approximate surface area is 78.9 Å². The molecule has 72 valence electrons. The van der Waals surface area contributed by atoms with Gasteiger partial charge in [0.25, 0.3) is 0 Å². The average Bonchev–Trinajstić information content (AvgIpc) is 2.15. The summed E-state index contributed by atoms with van der Waals surface area (Å²) >= 11 is 0. The lowest BCUT2D eigenvalue weighted by Gasteiger charge is -1.99. The van der Waals surface area contributed by atoms with Gasteiger partial charge >= 0.3 is 0 Å². The van der Waals surface area contributed by atoms with Crippen LogP contribution in [0.2, 0.25) is 0 Å². The second-order valence-corrected chi connectivity index (χ2v) is 4.15. The number of hydrogen-bond acceptors (Lipinski definition) is 2. The molecule has 1 rings (SSSR count). The molecule has 1 aromatic carbocycles. The van der Waals surface area contributed by atoms with Crippen molar-refractivity contribution in [2.75, 3.05) is 12.4 Å². The minimum Gasteiger partial charge on any atom is -0.396 e. The highest BCUT2D eigenvalue weighted by Gasteiger charge is 2.02. The highest BCUT2D eigenvalue weighted by atomic mass is 32.2. The van der Waals surface area contributed by atoms with Gasteiger partial charge in [-0.3, -0.25) is 4.21 Å². The second-order valence-electron chi connectivity index (χ2n) is 2.58. The van der Waals surface area contributed by atoms with Crippen molar-refractivity contribution < 1.29 is 13.7 Å². The normalized spacial score (nSPS) is 12.8. The summed E-state index contributed by atoms with van der Waals surface area (Å²) in [6, 6.07) is 5.57. The largest absolute Gasteiger partial charge is 0.396 e. The lowest BCUT2D eigenvalue weighted by atomic mass is 10.4. The van der Waals surface area contributed by atoms with Crippen LogP contribution in [0.1, 0.15) is 6.42 Å². The molecule has 0 aliphatic rings. The van der Waals surface area contributed by atoms with Crippen LogP contribution < -0.4 is 0 Å². The molecule has 0 aromatic heterocycles. The van der Waals surface area contributed by atoms with Crippen molar-refractivity contribution in [3.63, 3.8) is 0 Å². The summed E-state index contributed by atoms with van der Waals surface area (Å²) in [5, 5.41) is 8.51. The van der Waals surface area contributed by atoms with Crippen molar-refractivity contribution in [2.24, 2.45) is 0 Å². The van der Waals surface area contributed by atoms with Crippen molar-refractivity contribution >= 4 is 10.8 Å². The Kier molecular flexibility index (Phi) is 4.05. The van der Waals surface area contributed by atoms with Crippen molar-refractivity contribution in [3.05, 3.63) is 30.1 Å². The molecule has 2 nitrogen and oxygen atoms in total. The van der Waals surface area contributed by atoms with Gasteiger partial charge in [0.1, 0.15) is 5.82 Å². The smallest absolute Gasteiger partial charge is 0.123 e. The molecule has 0 radical (unpaired) electrons. The Bertz CT molecular complexity index is 284. The second kappa shape index (κ2) is 5.09. The van der Waals surface area contributed by atoms with E-state index in [0.29, 0.717) is 17.1 Å². The summed E-state index contributed by atoms with van der Waals surface area (Å²) in [7, 11) is -1.12. The van der Waals surface area contributed by atoms with E-state index in [9.17, 15) is 8.60 Å². The van der Waals surface area contributed by atoms with Crippen molar-refractivity contribution in [2.45, 2.75) is 11.3 Å². The number of rotatable bonds is 4. The predicted octanol–water partition coefficient (Wildman–Crippen LogP) is 1.32.